The van der Waals surface area contributed by atoms with Gasteiger partial charge in [-0.15, -0.1) is 0 Å². The highest BCUT2D eigenvalue weighted by Crippen LogP contribution is 2.16. The molecule has 6 nitrogen and oxygen atoms in total. The molecule has 0 aromatic carbocycles. The molecule has 1 N–H and O–H groups in total. The van der Waals surface area contributed by atoms with Gasteiger partial charge in [0.15, 0.2) is 0 Å². The van der Waals surface area contributed by atoms with Crippen molar-refractivity contribution in [3.63, 3.8) is 0 Å². The standard InChI is InChI=1S/C12H21N3O3/c1-5-14(6-2)9(16)7-8-15-10(17)12(3,4)13-11(15)18/h5-8H2,1-4H3,(H,13,18). The molecule has 1 aliphatic rings. The van der Waals surface area contributed by atoms with E-state index in [2.05, 4.69) is 5.32 Å². The molecule has 102 valence electrons. The van der Waals surface area contributed by atoms with Crippen molar-refractivity contribution < 1.29 is 14.4 Å². The first kappa shape index (κ1) is 14.5. The molecule has 0 spiro atoms. The zero-order valence-corrected chi connectivity index (χ0v) is 11.4. The lowest BCUT2D eigenvalue weighted by atomic mass is 10.1. The molecule has 1 saturated heterocycles. The van der Waals surface area contributed by atoms with Crippen LogP contribution >= 0.6 is 0 Å². The number of hydrogen-bond acceptors (Lipinski definition) is 3. The molecule has 0 saturated carbocycles. The summed E-state index contributed by atoms with van der Waals surface area (Å²) >= 11 is 0. The molecule has 1 aliphatic heterocycles. The SMILES string of the molecule is CCN(CC)C(=O)CCN1C(=O)NC(C)(C)C1=O. The van der Waals surface area contributed by atoms with Gasteiger partial charge in [0.25, 0.3) is 5.91 Å². The van der Waals surface area contributed by atoms with E-state index >= 15 is 0 Å². The van der Waals surface area contributed by atoms with Gasteiger partial charge >= 0.3 is 6.03 Å². The maximum absolute atomic E-state index is 11.9. The van der Waals surface area contributed by atoms with Gasteiger partial charge in [-0.3, -0.25) is 14.5 Å². The molecule has 0 aliphatic carbocycles. The lowest BCUT2D eigenvalue weighted by Crippen LogP contribution is -2.41. The molecule has 4 amide bonds. The van der Waals surface area contributed by atoms with Gasteiger partial charge in [-0.1, -0.05) is 0 Å². The van der Waals surface area contributed by atoms with Crippen molar-refractivity contribution in [2.45, 2.75) is 39.7 Å². The van der Waals surface area contributed by atoms with Crippen LogP contribution in [0.3, 0.4) is 0 Å². The van der Waals surface area contributed by atoms with Crippen LogP contribution in [-0.2, 0) is 9.59 Å². The van der Waals surface area contributed by atoms with E-state index in [0.29, 0.717) is 13.1 Å². The topological polar surface area (TPSA) is 69.7 Å². The Labute approximate surface area is 107 Å². The normalized spacial score (nSPS) is 17.9. The summed E-state index contributed by atoms with van der Waals surface area (Å²) in [6, 6.07) is -0.419. The number of carbonyl (C=O) groups excluding carboxylic acids is 3. The van der Waals surface area contributed by atoms with Gasteiger partial charge < -0.3 is 10.2 Å². The van der Waals surface area contributed by atoms with Crippen molar-refractivity contribution in [3.05, 3.63) is 0 Å². The predicted molar refractivity (Wildman–Crippen MR) is 66.9 cm³/mol. The highest BCUT2D eigenvalue weighted by Gasteiger charge is 2.44. The van der Waals surface area contributed by atoms with Gasteiger partial charge in [0.2, 0.25) is 5.91 Å². The van der Waals surface area contributed by atoms with Crippen LogP contribution in [0.2, 0.25) is 0 Å². The smallest absolute Gasteiger partial charge is 0.325 e. The zero-order valence-electron chi connectivity index (χ0n) is 11.4. The summed E-state index contributed by atoms with van der Waals surface area (Å²) in [4.78, 5) is 38.1. The van der Waals surface area contributed by atoms with Crippen LogP contribution in [0, 0.1) is 0 Å². The van der Waals surface area contributed by atoms with Crippen molar-refractivity contribution in [3.8, 4) is 0 Å². The van der Waals surface area contributed by atoms with Crippen LogP contribution in [0.5, 0.6) is 0 Å². The number of amides is 4. The Kier molecular flexibility index (Phi) is 4.32. The summed E-state index contributed by atoms with van der Waals surface area (Å²) in [5.74, 6) is -0.315. The van der Waals surface area contributed by atoms with Crippen molar-refractivity contribution in [1.82, 2.24) is 15.1 Å². The van der Waals surface area contributed by atoms with E-state index in [4.69, 9.17) is 0 Å². The average molecular weight is 255 g/mol. The largest absolute Gasteiger partial charge is 0.343 e. The molecular weight excluding hydrogens is 234 g/mol. The van der Waals surface area contributed by atoms with Gasteiger partial charge in [0, 0.05) is 26.1 Å². The molecule has 0 unspecified atom stereocenters. The lowest BCUT2D eigenvalue weighted by molar-refractivity contribution is -0.133. The third kappa shape index (κ3) is 2.80. The number of nitrogens with zero attached hydrogens (tertiary/aromatic N) is 2. The first-order chi connectivity index (χ1) is 8.33. The van der Waals surface area contributed by atoms with Crippen LogP contribution < -0.4 is 5.32 Å². The van der Waals surface area contributed by atoms with Gasteiger partial charge in [-0.25, -0.2) is 4.79 Å². The summed E-state index contributed by atoms with van der Waals surface area (Å²) in [6.45, 7) is 8.53. The Balaban J connectivity index is 2.57. The van der Waals surface area contributed by atoms with E-state index in [9.17, 15) is 14.4 Å². The zero-order chi connectivity index (χ0) is 13.9. The van der Waals surface area contributed by atoms with Crippen molar-refractivity contribution in [2.75, 3.05) is 19.6 Å². The molecule has 0 radical (unpaired) electrons. The number of hydrogen-bond donors (Lipinski definition) is 1. The monoisotopic (exact) mass is 255 g/mol. The van der Waals surface area contributed by atoms with Crippen LogP contribution in [0.1, 0.15) is 34.1 Å². The van der Waals surface area contributed by atoms with E-state index in [0.717, 1.165) is 4.90 Å². The number of urea groups is 1. The predicted octanol–water partition coefficient (Wildman–Crippen LogP) is 0.575. The third-order valence-electron chi connectivity index (χ3n) is 3.11. The van der Waals surface area contributed by atoms with Crippen LogP contribution in [0.25, 0.3) is 0 Å². The van der Waals surface area contributed by atoms with E-state index < -0.39 is 11.6 Å². The Bertz CT molecular complexity index is 362. The molecular formula is C12H21N3O3. The number of carbonyl (C=O) groups is 3. The fourth-order valence-corrected chi connectivity index (χ4v) is 1.96. The van der Waals surface area contributed by atoms with Crippen molar-refractivity contribution in [2.24, 2.45) is 0 Å². The summed E-state index contributed by atoms with van der Waals surface area (Å²) in [5, 5.41) is 2.59. The molecule has 1 heterocycles. The molecule has 1 fully saturated rings. The number of nitrogens with one attached hydrogen (secondary N) is 1. The first-order valence-corrected chi connectivity index (χ1v) is 6.25. The van der Waals surface area contributed by atoms with Gasteiger partial charge in [-0.05, 0) is 27.7 Å². The highest BCUT2D eigenvalue weighted by atomic mass is 16.2. The lowest BCUT2D eigenvalue weighted by Gasteiger charge is -2.20. The minimum absolute atomic E-state index is 0.0368. The molecule has 18 heavy (non-hydrogen) atoms. The fourth-order valence-electron chi connectivity index (χ4n) is 1.96. The van der Waals surface area contributed by atoms with E-state index in [1.807, 2.05) is 13.8 Å². The number of imide groups is 1. The fraction of sp³-hybridized carbons (Fsp3) is 0.750. The second-order valence-electron chi connectivity index (χ2n) is 4.83. The minimum Gasteiger partial charge on any atom is -0.343 e. The highest BCUT2D eigenvalue weighted by molar-refractivity contribution is 6.06. The summed E-state index contributed by atoms with van der Waals surface area (Å²) in [5.41, 5.74) is -0.866. The Morgan fingerprint density at radius 1 is 1.28 bits per heavy atom. The molecule has 0 aromatic heterocycles. The van der Waals surface area contributed by atoms with Crippen LogP contribution in [0.15, 0.2) is 0 Å². The van der Waals surface area contributed by atoms with Gasteiger partial charge in [-0.2, -0.15) is 0 Å². The molecule has 1 rings (SSSR count). The Morgan fingerprint density at radius 2 is 1.83 bits per heavy atom. The van der Waals surface area contributed by atoms with Crippen molar-refractivity contribution >= 4 is 17.8 Å². The first-order valence-electron chi connectivity index (χ1n) is 6.25. The second-order valence-corrected chi connectivity index (χ2v) is 4.83. The Morgan fingerprint density at radius 3 is 2.22 bits per heavy atom. The van der Waals surface area contributed by atoms with E-state index in [1.54, 1.807) is 18.7 Å². The van der Waals surface area contributed by atoms with E-state index in [-0.39, 0.29) is 24.8 Å². The summed E-state index contributed by atoms with van der Waals surface area (Å²) < 4.78 is 0. The van der Waals surface area contributed by atoms with Gasteiger partial charge in [0.1, 0.15) is 5.54 Å². The van der Waals surface area contributed by atoms with E-state index in [1.165, 1.54) is 0 Å². The minimum atomic E-state index is -0.866. The van der Waals surface area contributed by atoms with Crippen LogP contribution in [-0.4, -0.2) is 52.8 Å². The summed E-state index contributed by atoms with van der Waals surface area (Å²) in [7, 11) is 0. The molecule has 6 heteroatoms. The molecule has 0 bridgehead atoms. The quantitative estimate of drug-likeness (QED) is 0.730. The average Bonchev–Trinajstić information content (AvgIpc) is 2.48. The molecule has 0 atom stereocenters. The summed E-state index contributed by atoms with van der Waals surface area (Å²) in [6.07, 6.45) is 0.178. The second kappa shape index (κ2) is 5.37. The Hall–Kier alpha value is -1.59. The maximum atomic E-state index is 11.9. The van der Waals surface area contributed by atoms with Crippen molar-refractivity contribution in [1.29, 1.82) is 0 Å². The maximum Gasteiger partial charge on any atom is 0.325 e. The molecule has 0 aromatic rings. The van der Waals surface area contributed by atoms with Gasteiger partial charge in [0.05, 0.1) is 0 Å². The number of rotatable bonds is 5. The van der Waals surface area contributed by atoms with Crippen LogP contribution in [0.4, 0.5) is 4.79 Å². The third-order valence-corrected chi connectivity index (χ3v) is 3.11.